The minimum atomic E-state index is -0.535. The van der Waals surface area contributed by atoms with E-state index in [9.17, 15) is 24.5 Å². The molecule has 1 aromatic heterocycles. The van der Waals surface area contributed by atoms with Crippen molar-refractivity contribution in [2.45, 2.75) is 26.9 Å². The number of ketones is 3. The Morgan fingerprint density at radius 2 is 1.65 bits per heavy atom. The number of carbonyl (C=O) groups is 3. The second-order valence-electron chi connectivity index (χ2n) is 7.92. The molecule has 0 saturated heterocycles. The maximum Gasteiger partial charge on any atom is 0.269 e. The van der Waals surface area contributed by atoms with Crippen molar-refractivity contribution < 1.29 is 23.9 Å². The molecule has 2 aromatic carbocycles. The molecule has 0 saturated carbocycles. The zero-order chi connectivity index (χ0) is 22.3. The fraction of sp³-hybridized carbons (Fsp3) is 0.217. The van der Waals surface area contributed by atoms with Gasteiger partial charge in [-0.05, 0) is 18.1 Å². The number of rotatable bonds is 6. The van der Waals surface area contributed by atoms with Gasteiger partial charge in [0.25, 0.3) is 5.69 Å². The van der Waals surface area contributed by atoms with Crippen molar-refractivity contribution in [3.8, 4) is 0 Å². The number of benzene rings is 2. The monoisotopic (exact) mass is 418 g/mol. The number of hydrogen-bond donors (Lipinski definition) is 0. The molecule has 0 aliphatic heterocycles. The van der Waals surface area contributed by atoms with Crippen LogP contribution in [0, 0.1) is 16.0 Å². The van der Waals surface area contributed by atoms with Gasteiger partial charge in [-0.1, -0.05) is 38.1 Å². The van der Waals surface area contributed by atoms with E-state index < -0.39 is 4.92 Å². The number of Topliss-reactive ketones (excluding diaryl/α,β-unsaturated/α-hetero) is 1. The first-order chi connectivity index (χ1) is 14.8. The summed E-state index contributed by atoms with van der Waals surface area (Å²) in [4.78, 5) is 49.6. The molecule has 0 bridgehead atoms. The van der Waals surface area contributed by atoms with Gasteiger partial charge in [0.2, 0.25) is 35.1 Å². The van der Waals surface area contributed by atoms with Crippen molar-refractivity contribution in [1.29, 1.82) is 0 Å². The molecule has 4 rings (SSSR count). The normalized spacial score (nSPS) is 12.6. The van der Waals surface area contributed by atoms with E-state index >= 15 is 0 Å². The highest BCUT2D eigenvalue weighted by atomic mass is 16.6. The lowest BCUT2D eigenvalue weighted by Crippen LogP contribution is -2.43. The van der Waals surface area contributed by atoms with Gasteiger partial charge in [0.15, 0.2) is 6.54 Å². The molecule has 0 atom stereocenters. The number of fused-ring (bicyclic) bond motifs is 2. The van der Waals surface area contributed by atoms with Crippen molar-refractivity contribution in [1.82, 2.24) is 4.57 Å². The summed E-state index contributed by atoms with van der Waals surface area (Å²) in [5.74, 6) is -0.643. The average molecular weight is 418 g/mol. The minimum absolute atomic E-state index is 0.109. The smallest absolute Gasteiger partial charge is 0.269 e. The summed E-state index contributed by atoms with van der Waals surface area (Å²) in [6, 6.07) is 12.0. The van der Waals surface area contributed by atoms with Gasteiger partial charge in [-0.25, -0.2) is 9.13 Å². The number of nitrogens with zero attached hydrogens (tertiary/aromatic N) is 3. The van der Waals surface area contributed by atoms with E-state index in [1.54, 1.807) is 35.2 Å². The third-order valence-corrected chi connectivity index (χ3v) is 5.20. The van der Waals surface area contributed by atoms with Crippen molar-refractivity contribution in [3.63, 3.8) is 0 Å². The first kappa shape index (κ1) is 20.3. The summed E-state index contributed by atoms with van der Waals surface area (Å²) >= 11 is 0. The first-order valence-corrected chi connectivity index (χ1v) is 9.86. The zero-order valence-electron chi connectivity index (χ0n) is 17.1. The molecule has 0 unspecified atom stereocenters. The van der Waals surface area contributed by atoms with Crippen molar-refractivity contribution in [2.75, 3.05) is 0 Å². The molecular formula is C23H20N3O5+. The number of hydrogen-bond acceptors (Lipinski definition) is 5. The van der Waals surface area contributed by atoms with Crippen LogP contribution in [0.1, 0.15) is 56.3 Å². The maximum absolute atomic E-state index is 13.2. The number of non-ortho nitro benzene ring substituents is 1. The molecular weight excluding hydrogens is 398 g/mol. The average Bonchev–Trinajstić information content (AvgIpc) is 3.09. The molecule has 0 fully saturated rings. The van der Waals surface area contributed by atoms with E-state index in [1.165, 1.54) is 28.8 Å². The summed E-state index contributed by atoms with van der Waals surface area (Å²) < 4.78 is 3.25. The highest BCUT2D eigenvalue weighted by Gasteiger charge is 2.41. The number of nitro benzene ring substituents is 1. The van der Waals surface area contributed by atoms with Crippen molar-refractivity contribution in [3.05, 3.63) is 93.1 Å². The summed E-state index contributed by atoms with van der Waals surface area (Å²) in [7, 11) is 0. The lowest BCUT2D eigenvalue weighted by molar-refractivity contribution is -0.684. The number of nitro groups is 1. The van der Waals surface area contributed by atoms with Crippen LogP contribution in [0.3, 0.4) is 0 Å². The minimum Gasteiger partial charge on any atom is -0.290 e. The quantitative estimate of drug-likeness (QED) is 0.207. The Morgan fingerprint density at radius 3 is 2.23 bits per heavy atom. The van der Waals surface area contributed by atoms with Crippen LogP contribution in [0.25, 0.3) is 0 Å². The summed E-state index contributed by atoms with van der Waals surface area (Å²) in [6.45, 7) is 4.36. The molecule has 0 spiro atoms. The van der Waals surface area contributed by atoms with Gasteiger partial charge in [0.05, 0.1) is 11.5 Å². The predicted octanol–water partition coefficient (Wildman–Crippen LogP) is 3.00. The highest BCUT2D eigenvalue weighted by molar-refractivity contribution is 6.26. The Bertz CT molecular complexity index is 1240. The van der Waals surface area contributed by atoms with E-state index in [0.717, 1.165) is 0 Å². The van der Waals surface area contributed by atoms with E-state index in [1.807, 2.05) is 13.8 Å². The summed E-state index contributed by atoms with van der Waals surface area (Å²) in [5.41, 5.74) is 1.34. The fourth-order valence-corrected chi connectivity index (χ4v) is 3.83. The Balaban J connectivity index is 1.76. The van der Waals surface area contributed by atoms with Crippen molar-refractivity contribution in [2.24, 2.45) is 5.92 Å². The number of aromatic nitrogens is 2. The maximum atomic E-state index is 13.2. The van der Waals surface area contributed by atoms with Crippen LogP contribution in [0.4, 0.5) is 5.69 Å². The summed E-state index contributed by atoms with van der Waals surface area (Å²) in [6.07, 6.45) is 1.63. The molecule has 0 amide bonds. The third kappa shape index (κ3) is 3.56. The third-order valence-electron chi connectivity index (χ3n) is 5.20. The molecule has 0 radical (unpaired) electrons. The Hall–Kier alpha value is -3.94. The van der Waals surface area contributed by atoms with Crippen LogP contribution in [0.15, 0.2) is 54.9 Å². The van der Waals surface area contributed by atoms with Gasteiger partial charge in [-0.2, -0.15) is 0 Å². The van der Waals surface area contributed by atoms with Gasteiger partial charge in [0, 0.05) is 28.8 Å². The Morgan fingerprint density at radius 1 is 1.03 bits per heavy atom. The molecule has 0 N–H and O–H groups in total. The predicted molar refractivity (Wildman–Crippen MR) is 110 cm³/mol. The van der Waals surface area contributed by atoms with Crippen molar-refractivity contribution >= 4 is 23.0 Å². The van der Waals surface area contributed by atoms with E-state index in [4.69, 9.17) is 0 Å². The SMILES string of the molecule is CC(C)Cn1c[n+](CC(=O)c2ccc([N+](=O)[O-])cc2)c2c1C(=O)c1ccccc1C2=O. The van der Waals surface area contributed by atoms with Crippen LogP contribution >= 0.6 is 0 Å². The van der Waals surface area contributed by atoms with Crippen LogP contribution < -0.4 is 4.57 Å². The molecule has 1 aliphatic carbocycles. The van der Waals surface area contributed by atoms with Crippen LogP contribution in [0.2, 0.25) is 0 Å². The molecule has 3 aromatic rings. The molecule has 8 heteroatoms. The number of carbonyl (C=O) groups excluding carboxylic acids is 3. The van der Waals surface area contributed by atoms with Crippen LogP contribution in [-0.2, 0) is 13.1 Å². The van der Waals surface area contributed by atoms with E-state index in [0.29, 0.717) is 23.2 Å². The number of imidazole rings is 1. The topological polar surface area (TPSA) is 103 Å². The zero-order valence-corrected chi connectivity index (χ0v) is 17.1. The lowest BCUT2D eigenvalue weighted by Gasteiger charge is -2.13. The van der Waals surface area contributed by atoms with Gasteiger partial charge in [-0.3, -0.25) is 24.5 Å². The van der Waals surface area contributed by atoms with Gasteiger partial charge >= 0.3 is 0 Å². The van der Waals surface area contributed by atoms with Gasteiger partial charge in [-0.15, -0.1) is 0 Å². The van der Waals surface area contributed by atoms with E-state index in [-0.39, 0.29) is 46.9 Å². The summed E-state index contributed by atoms with van der Waals surface area (Å²) in [5, 5.41) is 10.8. The molecule has 1 heterocycles. The second-order valence-corrected chi connectivity index (χ2v) is 7.92. The van der Waals surface area contributed by atoms with Crippen LogP contribution in [-0.4, -0.2) is 26.8 Å². The lowest BCUT2D eigenvalue weighted by atomic mass is 9.89. The fourth-order valence-electron chi connectivity index (χ4n) is 3.83. The standard InChI is InChI=1S/C23H20N3O5/c1-14(2)11-24-13-25(12-19(27)15-7-9-16(10-8-15)26(30)31)21-20(24)22(28)17-5-3-4-6-18(17)23(21)29/h3-10,13-14H,11-12H2,1-2H3/q+1. The largest absolute Gasteiger partial charge is 0.290 e. The van der Waals surface area contributed by atoms with E-state index in [2.05, 4.69) is 0 Å². The Labute approximate surface area is 177 Å². The first-order valence-electron chi connectivity index (χ1n) is 9.86. The van der Waals surface area contributed by atoms with Crippen LogP contribution in [0.5, 0.6) is 0 Å². The highest BCUT2D eigenvalue weighted by Crippen LogP contribution is 2.26. The van der Waals surface area contributed by atoms with Gasteiger partial charge < -0.3 is 0 Å². The Kier molecular flexibility index (Phi) is 5.06. The molecule has 8 nitrogen and oxygen atoms in total. The molecule has 1 aliphatic rings. The molecule has 31 heavy (non-hydrogen) atoms. The van der Waals surface area contributed by atoms with Gasteiger partial charge in [0.1, 0.15) is 0 Å². The second kappa shape index (κ2) is 7.71. The molecule has 156 valence electrons.